The monoisotopic (exact) mass is 1560 g/mol. The van der Waals surface area contributed by atoms with E-state index in [-0.39, 0.29) is 125 Å². The second-order valence-electron chi connectivity index (χ2n) is 11.1. The number of unbranched alkanes of at least 4 members (excludes halogenated alkanes) is 8. The summed E-state index contributed by atoms with van der Waals surface area (Å²) in [6.07, 6.45) is 15.0. The second kappa shape index (κ2) is 63.4. The first-order valence-corrected chi connectivity index (χ1v) is 21.2. The summed E-state index contributed by atoms with van der Waals surface area (Å²) in [7, 11) is 7.31. The van der Waals surface area contributed by atoms with Crippen molar-refractivity contribution in [3.63, 3.8) is 0 Å². The van der Waals surface area contributed by atoms with Gasteiger partial charge in [0.1, 0.15) is 0 Å². The average molecular weight is 1560 g/mol. The molecule has 0 saturated heterocycles. The number of hydrogen-bond acceptors (Lipinski definition) is 10. The molecule has 5 nitrogen and oxygen atoms in total. The van der Waals surface area contributed by atoms with Crippen molar-refractivity contribution in [2.75, 3.05) is 67.5 Å². The summed E-state index contributed by atoms with van der Waals surface area (Å²) in [6, 6.07) is 0. The summed E-state index contributed by atoms with van der Waals surface area (Å²) in [6.45, 7) is 19.0. The van der Waals surface area contributed by atoms with Gasteiger partial charge in [0.2, 0.25) is 0 Å². The molecule has 0 saturated carbocycles. The Bertz CT molecular complexity index is 743. The van der Waals surface area contributed by atoms with Gasteiger partial charge in [-0.2, -0.15) is 0 Å². The first kappa shape index (κ1) is 81.5. The van der Waals surface area contributed by atoms with E-state index in [2.05, 4.69) is 87.2 Å². The van der Waals surface area contributed by atoms with Crippen molar-refractivity contribution in [2.45, 2.75) is 119 Å². The van der Waals surface area contributed by atoms with Crippen molar-refractivity contribution in [2.24, 2.45) is 0 Å². The van der Waals surface area contributed by atoms with Gasteiger partial charge in [-0.1, -0.05) is 101 Å². The molecule has 0 aliphatic carbocycles. The molecule has 0 N–H and O–H groups in total. The smallest absolute Gasteiger partial charge is 0.411 e. The van der Waals surface area contributed by atoms with E-state index in [0.29, 0.717) is 21.6 Å². The maximum atomic E-state index is 5.06. The number of nitrogens with zero attached hydrogens (tertiary/aromatic N) is 5. The van der Waals surface area contributed by atoms with E-state index in [9.17, 15) is 0 Å². The van der Waals surface area contributed by atoms with Crippen LogP contribution in [0.25, 0.3) is 0 Å². The van der Waals surface area contributed by atoms with Gasteiger partial charge in [0, 0.05) is 67.5 Å². The molecule has 0 aromatic carbocycles. The number of thiocarbonyl (C=S) groups is 5. The van der Waals surface area contributed by atoms with E-state index in [1.807, 2.05) is 46.9 Å². The van der Waals surface area contributed by atoms with Crippen LogP contribution in [0.5, 0.6) is 0 Å². The van der Waals surface area contributed by atoms with Crippen molar-refractivity contribution in [1.82, 2.24) is 24.5 Å². The van der Waals surface area contributed by atoms with Crippen LogP contribution >= 0.6 is 61.1 Å². The predicted octanol–water partition coefficient (Wildman–Crippen LogP) is 8.15. The maximum absolute atomic E-state index is 5.06. The zero-order chi connectivity index (χ0) is 38.5. The average Bonchev–Trinajstić information content (AvgIpc) is 3.01. The Hall–Kier alpha value is 4.72. The molecule has 0 aliphatic heterocycles. The molecule has 0 spiro atoms. The van der Waals surface area contributed by atoms with Crippen LogP contribution in [0.15, 0.2) is 0 Å². The van der Waals surface area contributed by atoms with Crippen molar-refractivity contribution in [1.29, 1.82) is 0 Å². The van der Waals surface area contributed by atoms with Gasteiger partial charge in [0.15, 0.2) is 0 Å². The third kappa shape index (κ3) is 71.5. The summed E-state index contributed by atoms with van der Waals surface area (Å²) < 4.78 is 2.90. The van der Waals surface area contributed by atoms with E-state index in [1.165, 1.54) is 77.0 Å². The Kier molecular flexibility index (Phi) is 97.5. The van der Waals surface area contributed by atoms with Crippen LogP contribution in [0.3, 0.4) is 0 Å². The molecule has 0 fully saturated rings. The van der Waals surface area contributed by atoms with E-state index >= 15 is 0 Å². The van der Waals surface area contributed by atoms with Gasteiger partial charge in [0.05, 0.1) is 0 Å². The molecule has 0 heterocycles. The van der Waals surface area contributed by atoms with Gasteiger partial charge in [-0.25, -0.2) is 0 Å². The normalized spacial score (nSPS) is 8.42. The Morgan fingerprint density at radius 1 is 0.396 bits per heavy atom. The van der Waals surface area contributed by atoms with Gasteiger partial charge in [0.25, 0.3) is 0 Å². The zero-order valence-corrected chi connectivity index (χ0v) is 58.8. The van der Waals surface area contributed by atoms with Crippen molar-refractivity contribution in [3.05, 3.63) is 0 Å². The van der Waals surface area contributed by atoms with Crippen LogP contribution in [0.1, 0.15) is 119 Å². The molecule has 0 aromatic rings. The van der Waals surface area contributed by atoms with Crippen LogP contribution in [-0.4, -0.2) is 167 Å². The molecule has 0 rings (SSSR count). The van der Waals surface area contributed by atoms with Gasteiger partial charge in [-0.05, 0) is 39.5 Å². The summed E-state index contributed by atoms with van der Waals surface area (Å²) in [5, 5.41) is 0. The minimum Gasteiger partial charge on any atom is -0.411 e. The zero-order valence-electron chi connectivity index (χ0n) is 34.2. The Labute approximate surface area is 474 Å². The largest absolute Gasteiger partial charge is 4.00 e. The topological polar surface area (TPSA) is 16.2 Å². The van der Waals surface area contributed by atoms with Crippen LogP contribution in [-0.2, 0) is 135 Å². The van der Waals surface area contributed by atoms with E-state index in [0.717, 1.165) is 39.3 Å². The van der Waals surface area contributed by atoms with Crippen molar-refractivity contribution >= 4 is 199 Å². The second-order valence-corrected chi connectivity index (χ2v) is 16.3. The Morgan fingerprint density at radius 2 is 0.566 bits per heavy atom. The van der Waals surface area contributed by atoms with E-state index in [4.69, 9.17) is 74.5 Å². The van der Waals surface area contributed by atoms with Gasteiger partial charge < -0.3 is 149 Å². The minimum absolute atomic E-state index is 0. The molecule has 53 heavy (non-hydrogen) atoms. The molecule has 0 aliphatic rings. The summed E-state index contributed by atoms with van der Waals surface area (Å²) in [4.78, 5) is 9.74. The maximum Gasteiger partial charge on any atom is 4.00 e. The fourth-order valence-corrected chi connectivity index (χ4v) is 4.53. The SMILES string of the molecule is CCCCCN(CCCCC)C(=S)[S-].CCCCCN(CCCCC)C(=S)[S-].CCN(CC)C(=S)[S-].CN(C)C(=S)[S-].CN(C)C(=S)[S-].[Bi+3].[Cd+2].[Cd+2].[Cu+2].[Pb+4]. The first-order chi connectivity index (χ1) is 22.4. The summed E-state index contributed by atoms with van der Waals surface area (Å²) >= 11 is 48.0. The fourth-order valence-electron chi connectivity index (χ4n) is 3.28. The quantitative estimate of drug-likeness (QED) is 0.0569. The summed E-state index contributed by atoms with van der Waals surface area (Å²) in [5.74, 6) is 0. The van der Waals surface area contributed by atoms with Crippen LogP contribution in [0, 0.1) is 0 Å². The van der Waals surface area contributed by atoms with Crippen molar-refractivity contribution in [3.8, 4) is 0 Å². The molecule has 0 bridgehead atoms. The molecular weight excluding hydrogens is 1490 g/mol. The standard InChI is InChI=1S/2C11H23NS2.C5H11NS2.2C3H7NS2.Bi.2Cd.Cu.Pb/c2*1-3-5-7-9-12(11(13)14)10-8-6-4-2;1-3-6(4-2)5(7)8;2*1-4(2)3(5)6;;;;;/h2*3-10H2,1-2H3,(H,13,14);3-4H2,1-2H3,(H,7,8);2*1-2H3,(H,5,6);;;;;/q;;;;;+3;3*+2;+4/p-5. The van der Waals surface area contributed by atoms with Gasteiger partial charge >= 0.3 is 125 Å². The molecule has 0 amide bonds. The Balaban J connectivity index is -0.0000000556. The first-order valence-electron chi connectivity index (χ1n) is 17.1. The van der Waals surface area contributed by atoms with Crippen LogP contribution < -0.4 is 0 Å². The fraction of sp³-hybridized carbons (Fsp3) is 0.848. The van der Waals surface area contributed by atoms with Gasteiger partial charge in [-0.15, -0.1) is 0 Å². The van der Waals surface area contributed by atoms with Crippen molar-refractivity contribution < 1.29 is 71.7 Å². The number of rotatable bonds is 18. The summed E-state index contributed by atoms with van der Waals surface area (Å²) in [5.41, 5.74) is 0. The molecular formula is C33H66BiCd2CuN5PbS10+8. The molecule has 0 atom stereocenters. The van der Waals surface area contributed by atoms with Crippen LogP contribution in [0.2, 0.25) is 0 Å². The Morgan fingerprint density at radius 3 is 0.642 bits per heavy atom. The molecule has 3 radical (unpaired) electrons. The predicted molar refractivity (Wildman–Crippen MR) is 263 cm³/mol. The molecule has 0 unspecified atom stereocenters. The van der Waals surface area contributed by atoms with E-state index < -0.39 is 0 Å². The minimum atomic E-state index is 0. The van der Waals surface area contributed by atoms with Gasteiger partial charge in [-0.3, -0.25) is 0 Å². The third-order valence-electron chi connectivity index (χ3n) is 6.39. The molecule has 20 heteroatoms. The van der Waals surface area contributed by atoms with Crippen LogP contribution in [0.4, 0.5) is 0 Å². The van der Waals surface area contributed by atoms with E-state index in [1.54, 1.807) is 9.80 Å². The number of hydrogen-bond donors (Lipinski definition) is 0. The molecule has 299 valence electrons. The molecule has 0 aromatic heterocycles. The third-order valence-corrected chi connectivity index (χ3v) is 9.40.